The van der Waals surface area contributed by atoms with Gasteiger partial charge in [0.2, 0.25) is 0 Å². The number of nitrogens with one attached hydrogen (secondary N) is 1. The second kappa shape index (κ2) is 9.96. The van der Waals surface area contributed by atoms with E-state index in [-0.39, 0.29) is 35.8 Å². The molecule has 8 nitrogen and oxygen atoms in total. The first-order valence-corrected chi connectivity index (χ1v) is 9.93. The van der Waals surface area contributed by atoms with Crippen molar-refractivity contribution < 1.29 is 9.53 Å². The maximum Gasteiger partial charge on any atom is 0.330 e. The van der Waals surface area contributed by atoms with Gasteiger partial charge in [0.15, 0.2) is 5.69 Å². The van der Waals surface area contributed by atoms with Crippen LogP contribution in [0.4, 0.5) is 11.5 Å². The van der Waals surface area contributed by atoms with Crippen molar-refractivity contribution in [3.63, 3.8) is 0 Å². The number of amides is 1. The van der Waals surface area contributed by atoms with Gasteiger partial charge in [0, 0.05) is 18.7 Å². The summed E-state index contributed by atoms with van der Waals surface area (Å²) in [6.45, 7) is 12.3. The minimum absolute atomic E-state index is 0.0130. The molecule has 0 spiro atoms. The number of hydrogen-bond acceptors (Lipinski definition) is 5. The molecule has 3 N–H and O–H groups in total. The third-order valence-electron chi connectivity index (χ3n) is 4.29. The number of H-pyrrole nitrogens is 1. The summed E-state index contributed by atoms with van der Waals surface area (Å²) in [5, 5.41) is 0. The van der Waals surface area contributed by atoms with Crippen LogP contribution in [0.2, 0.25) is 0 Å². The molecule has 162 valence electrons. The molecule has 1 aromatic carbocycles. The number of carbonyl (C=O) groups excluding carboxylic acids is 1. The van der Waals surface area contributed by atoms with Crippen molar-refractivity contribution in [3.05, 3.63) is 63.3 Å². The summed E-state index contributed by atoms with van der Waals surface area (Å²) in [4.78, 5) is 41.9. The quantitative estimate of drug-likeness (QED) is 0.613. The number of ether oxygens (including phenoxy) is 1. The van der Waals surface area contributed by atoms with E-state index < -0.39 is 11.2 Å². The first-order valence-electron chi connectivity index (χ1n) is 9.93. The molecule has 8 heteroatoms. The summed E-state index contributed by atoms with van der Waals surface area (Å²) < 4.78 is 6.75. The third-order valence-corrected chi connectivity index (χ3v) is 4.29. The second-order valence-electron chi connectivity index (χ2n) is 7.93. The Morgan fingerprint density at radius 1 is 1.20 bits per heavy atom. The standard InChI is InChI=1S/C22H30N4O4/c1-6-11-30-17-9-7-16(8-10-17)21(28)25(12-14(2)3)18-19(23)26(13-15(4)5)22(29)24-20(18)27/h6-10,14-15H,1,11-13,23H2,2-5H3,(H,24,27,29). The highest BCUT2D eigenvalue weighted by molar-refractivity contribution is 6.07. The van der Waals surface area contributed by atoms with E-state index in [1.54, 1.807) is 30.3 Å². The fourth-order valence-electron chi connectivity index (χ4n) is 3.03. The van der Waals surface area contributed by atoms with Gasteiger partial charge in [-0.2, -0.15) is 0 Å². The zero-order valence-electron chi connectivity index (χ0n) is 18.0. The van der Waals surface area contributed by atoms with Gasteiger partial charge in [-0.05, 0) is 36.1 Å². The van der Waals surface area contributed by atoms with Crippen LogP contribution in [0.25, 0.3) is 0 Å². The van der Waals surface area contributed by atoms with Crippen molar-refractivity contribution in [2.45, 2.75) is 34.2 Å². The van der Waals surface area contributed by atoms with Crippen LogP contribution in [-0.2, 0) is 6.54 Å². The lowest BCUT2D eigenvalue weighted by atomic mass is 10.1. The molecule has 0 aliphatic carbocycles. The molecule has 2 aromatic rings. The van der Waals surface area contributed by atoms with Gasteiger partial charge in [-0.15, -0.1) is 0 Å². The number of nitrogens with zero attached hydrogens (tertiary/aromatic N) is 2. The van der Waals surface area contributed by atoms with Crippen molar-refractivity contribution in [2.75, 3.05) is 23.8 Å². The largest absolute Gasteiger partial charge is 0.490 e. The summed E-state index contributed by atoms with van der Waals surface area (Å²) in [6, 6.07) is 6.61. The predicted octanol–water partition coefficient (Wildman–Crippen LogP) is 2.64. The average molecular weight is 415 g/mol. The first kappa shape index (κ1) is 23.0. The van der Waals surface area contributed by atoms with E-state index in [0.717, 1.165) is 0 Å². The number of rotatable bonds is 9. The van der Waals surface area contributed by atoms with Gasteiger partial charge in [0.25, 0.3) is 11.5 Å². The summed E-state index contributed by atoms with van der Waals surface area (Å²) >= 11 is 0. The highest BCUT2D eigenvalue weighted by Gasteiger charge is 2.26. The van der Waals surface area contributed by atoms with E-state index in [1.165, 1.54) is 9.47 Å². The molecule has 2 rings (SSSR count). The Hall–Kier alpha value is -3.29. The van der Waals surface area contributed by atoms with E-state index >= 15 is 0 Å². The molecule has 0 aliphatic rings. The zero-order valence-corrected chi connectivity index (χ0v) is 18.0. The predicted molar refractivity (Wildman–Crippen MR) is 119 cm³/mol. The molecular weight excluding hydrogens is 384 g/mol. The molecule has 0 radical (unpaired) electrons. The molecule has 0 aliphatic heterocycles. The average Bonchev–Trinajstić information content (AvgIpc) is 2.68. The summed E-state index contributed by atoms with van der Waals surface area (Å²) in [7, 11) is 0. The minimum Gasteiger partial charge on any atom is -0.490 e. The molecule has 1 aromatic heterocycles. The Balaban J connectivity index is 2.52. The van der Waals surface area contributed by atoms with Gasteiger partial charge >= 0.3 is 5.69 Å². The van der Waals surface area contributed by atoms with E-state index in [1.807, 2.05) is 27.7 Å². The minimum atomic E-state index is -0.683. The van der Waals surface area contributed by atoms with Gasteiger partial charge < -0.3 is 15.4 Å². The van der Waals surface area contributed by atoms with Crippen LogP contribution in [-0.4, -0.2) is 28.6 Å². The number of hydrogen-bond donors (Lipinski definition) is 2. The summed E-state index contributed by atoms with van der Waals surface area (Å²) in [5.41, 5.74) is 5.32. The van der Waals surface area contributed by atoms with Gasteiger partial charge in [-0.1, -0.05) is 40.3 Å². The summed E-state index contributed by atoms with van der Waals surface area (Å²) in [6.07, 6.45) is 1.63. The van der Waals surface area contributed by atoms with Crippen LogP contribution < -0.4 is 26.6 Å². The monoisotopic (exact) mass is 414 g/mol. The lowest BCUT2D eigenvalue weighted by Crippen LogP contribution is -2.43. The first-order chi connectivity index (χ1) is 14.1. The Morgan fingerprint density at radius 3 is 2.37 bits per heavy atom. The van der Waals surface area contributed by atoms with E-state index in [0.29, 0.717) is 24.5 Å². The molecule has 1 heterocycles. The second-order valence-corrected chi connectivity index (χ2v) is 7.93. The molecule has 0 saturated heterocycles. The highest BCUT2D eigenvalue weighted by atomic mass is 16.5. The lowest BCUT2D eigenvalue weighted by molar-refractivity contribution is 0.0983. The van der Waals surface area contributed by atoms with Crippen molar-refractivity contribution >= 4 is 17.4 Å². The smallest absolute Gasteiger partial charge is 0.330 e. The number of nitrogens with two attached hydrogens (primary N) is 1. The van der Waals surface area contributed by atoms with Crippen LogP contribution in [0, 0.1) is 11.8 Å². The van der Waals surface area contributed by atoms with Crippen molar-refractivity contribution in [1.82, 2.24) is 9.55 Å². The van der Waals surface area contributed by atoms with Crippen molar-refractivity contribution in [1.29, 1.82) is 0 Å². The maximum absolute atomic E-state index is 13.3. The number of carbonyl (C=O) groups is 1. The number of benzene rings is 1. The van der Waals surface area contributed by atoms with E-state index in [9.17, 15) is 14.4 Å². The zero-order chi connectivity index (χ0) is 22.4. The Kier molecular flexibility index (Phi) is 7.63. The Bertz CT molecular complexity index is 1000. The van der Waals surface area contributed by atoms with Crippen LogP contribution in [0.5, 0.6) is 5.75 Å². The SMILES string of the molecule is C=CCOc1ccc(C(=O)N(CC(C)C)c2c(N)n(CC(C)C)c(=O)[nH]c2=O)cc1. The van der Waals surface area contributed by atoms with Gasteiger partial charge in [-0.25, -0.2) is 4.79 Å². The molecule has 0 saturated carbocycles. The molecule has 0 unspecified atom stereocenters. The summed E-state index contributed by atoms with van der Waals surface area (Å²) in [5.74, 6) is 0.391. The van der Waals surface area contributed by atoms with Gasteiger partial charge in [-0.3, -0.25) is 19.1 Å². The third kappa shape index (κ3) is 5.40. The topological polar surface area (TPSA) is 110 Å². The highest BCUT2D eigenvalue weighted by Crippen LogP contribution is 2.22. The van der Waals surface area contributed by atoms with E-state index in [4.69, 9.17) is 10.5 Å². The molecular formula is C22H30N4O4. The Labute approximate surface area is 176 Å². The van der Waals surface area contributed by atoms with Crippen LogP contribution in [0.1, 0.15) is 38.1 Å². The van der Waals surface area contributed by atoms with E-state index in [2.05, 4.69) is 11.6 Å². The molecule has 0 fully saturated rings. The lowest BCUT2D eigenvalue weighted by Gasteiger charge is -2.26. The number of aromatic amines is 1. The molecule has 0 atom stereocenters. The van der Waals surface area contributed by atoms with Gasteiger partial charge in [0.05, 0.1) is 0 Å². The normalized spacial score (nSPS) is 11.0. The number of aromatic nitrogens is 2. The number of anilines is 2. The molecule has 0 bridgehead atoms. The van der Waals surface area contributed by atoms with Crippen molar-refractivity contribution in [3.8, 4) is 5.75 Å². The van der Waals surface area contributed by atoms with Crippen molar-refractivity contribution in [2.24, 2.45) is 11.8 Å². The maximum atomic E-state index is 13.3. The van der Waals surface area contributed by atoms with Gasteiger partial charge in [0.1, 0.15) is 18.2 Å². The van der Waals surface area contributed by atoms with Crippen LogP contribution in [0.15, 0.2) is 46.5 Å². The van der Waals surface area contributed by atoms with Crippen LogP contribution in [0.3, 0.4) is 0 Å². The molecule has 30 heavy (non-hydrogen) atoms. The van der Waals surface area contributed by atoms with Crippen LogP contribution >= 0.6 is 0 Å². The molecule has 1 amide bonds. The Morgan fingerprint density at radius 2 is 1.83 bits per heavy atom. The number of nitrogen functional groups attached to an aromatic ring is 1. The fourth-order valence-corrected chi connectivity index (χ4v) is 3.03. The fraction of sp³-hybridized carbons (Fsp3) is 0.409.